The summed E-state index contributed by atoms with van der Waals surface area (Å²) >= 11 is 0. The lowest BCUT2D eigenvalue weighted by Gasteiger charge is -2.06. The SMILES string of the molecule is CC(=O)NCCCCCC(=O)Nc1ccc(-c2n[nH]c(CN)n2)cc1. The molecule has 2 amide bonds. The molecule has 0 bridgehead atoms. The fourth-order valence-corrected chi connectivity index (χ4v) is 2.29. The summed E-state index contributed by atoms with van der Waals surface area (Å²) in [4.78, 5) is 26.9. The van der Waals surface area contributed by atoms with Crippen molar-refractivity contribution in [3.05, 3.63) is 30.1 Å². The molecule has 0 aliphatic heterocycles. The Morgan fingerprint density at radius 2 is 1.92 bits per heavy atom. The van der Waals surface area contributed by atoms with Crippen molar-refractivity contribution in [1.29, 1.82) is 0 Å². The highest BCUT2D eigenvalue weighted by atomic mass is 16.2. The zero-order valence-corrected chi connectivity index (χ0v) is 14.3. The summed E-state index contributed by atoms with van der Waals surface area (Å²) < 4.78 is 0. The predicted molar refractivity (Wildman–Crippen MR) is 95.5 cm³/mol. The van der Waals surface area contributed by atoms with Crippen molar-refractivity contribution in [2.75, 3.05) is 11.9 Å². The van der Waals surface area contributed by atoms with E-state index in [9.17, 15) is 9.59 Å². The summed E-state index contributed by atoms with van der Waals surface area (Å²) in [6.07, 6.45) is 3.04. The molecule has 0 spiro atoms. The minimum Gasteiger partial charge on any atom is -0.356 e. The first-order chi connectivity index (χ1) is 12.1. The van der Waals surface area contributed by atoms with Crippen molar-refractivity contribution >= 4 is 17.5 Å². The lowest BCUT2D eigenvalue weighted by molar-refractivity contribution is -0.119. The molecule has 0 fully saturated rings. The maximum Gasteiger partial charge on any atom is 0.224 e. The molecule has 8 heteroatoms. The van der Waals surface area contributed by atoms with E-state index < -0.39 is 0 Å². The molecule has 25 heavy (non-hydrogen) atoms. The van der Waals surface area contributed by atoms with Gasteiger partial charge in [-0.2, -0.15) is 5.10 Å². The molecule has 8 nitrogen and oxygen atoms in total. The maximum absolute atomic E-state index is 11.9. The Morgan fingerprint density at radius 3 is 2.56 bits per heavy atom. The number of carbonyl (C=O) groups excluding carboxylic acids is 2. The van der Waals surface area contributed by atoms with E-state index in [1.54, 1.807) is 0 Å². The van der Waals surface area contributed by atoms with Crippen LogP contribution in [0.4, 0.5) is 5.69 Å². The van der Waals surface area contributed by atoms with Gasteiger partial charge in [0.1, 0.15) is 5.82 Å². The van der Waals surface area contributed by atoms with E-state index in [1.807, 2.05) is 24.3 Å². The van der Waals surface area contributed by atoms with Crippen LogP contribution in [-0.2, 0) is 16.1 Å². The van der Waals surface area contributed by atoms with Gasteiger partial charge in [-0.15, -0.1) is 0 Å². The van der Waals surface area contributed by atoms with Crippen LogP contribution < -0.4 is 16.4 Å². The van der Waals surface area contributed by atoms with Crippen molar-refractivity contribution in [3.8, 4) is 11.4 Å². The van der Waals surface area contributed by atoms with Crippen LogP contribution in [0, 0.1) is 0 Å². The number of aromatic amines is 1. The van der Waals surface area contributed by atoms with Crippen LogP contribution in [0.1, 0.15) is 38.4 Å². The van der Waals surface area contributed by atoms with E-state index in [0.717, 1.165) is 30.5 Å². The van der Waals surface area contributed by atoms with Gasteiger partial charge in [0.25, 0.3) is 0 Å². The number of benzene rings is 1. The lowest BCUT2D eigenvalue weighted by atomic mass is 10.1. The second-order valence-corrected chi connectivity index (χ2v) is 5.73. The average molecular weight is 344 g/mol. The Labute approximate surface area is 146 Å². The van der Waals surface area contributed by atoms with Crippen LogP contribution in [0.3, 0.4) is 0 Å². The molecule has 1 heterocycles. The molecule has 5 N–H and O–H groups in total. The number of anilines is 1. The molecule has 1 aromatic heterocycles. The molecule has 2 aromatic rings. The highest BCUT2D eigenvalue weighted by Crippen LogP contribution is 2.18. The molecule has 2 rings (SSSR count). The van der Waals surface area contributed by atoms with Gasteiger partial charge in [-0.3, -0.25) is 14.7 Å². The van der Waals surface area contributed by atoms with Gasteiger partial charge in [0, 0.05) is 31.1 Å². The second kappa shape index (κ2) is 9.53. The van der Waals surface area contributed by atoms with Gasteiger partial charge in [-0.1, -0.05) is 6.42 Å². The average Bonchev–Trinajstić information content (AvgIpc) is 3.07. The summed E-state index contributed by atoms with van der Waals surface area (Å²) in [5, 5.41) is 12.5. The molecule has 0 radical (unpaired) electrons. The maximum atomic E-state index is 11.9. The van der Waals surface area contributed by atoms with Gasteiger partial charge in [0.2, 0.25) is 11.8 Å². The molecule has 1 aromatic carbocycles. The first-order valence-electron chi connectivity index (χ1n) is 8.34. The number of hydrogen-bond donors (Lipinski definition) is 4. The number of carbonyl (C=O) groups is 2. The minimum absolute atomic E-state index is 0.0180. The molecule has 0 saturated heterocycles. The molecule has 0 saturated carbocycles. The fourth-order valence-electron chi connectivity index (χ4n) is 2.29. The normalized spacial score (nSPS) is 10.5. The number of hydrogen-bond acceptors (Lipinski definition) is 5. The van der Waals surface area contributed by atoms with Crippen LogP contribution in [-0.4, -0.2) is 33.5 Å². The van der Waals surface area contributed by atoms with Crippen molar-refractivity contribution < 1.29 is 9.59 Å². The molecule has 0 aliphatic carbocycles. The van der Waals surface area contributed by atoms with Gasteiger partial charge in [-0.25, -0.2) is 4.98 Å². The van der Waals surface area contributed by atoms with Gasteiger partial charge in [-0.05, 0) is 37.1 Å². The van der Waals surface area contributed by atoms with Crippen molar-refractivity contribution in [1.82, 2.24) is 20.5 Å². The second-order valence-electron chi connectivity index (χ2n) is 5.73. The summed E-state index contributed by atoms with van der Waals surface area (Å²) in [7, 11) is 0. The molecule has 0 unspecified atom stereocenters. The largest absolute Gasteiger partial charge is 0.356 e. The third-order valence-electron chi connectivity index (χ3n) is 3.61. The van der Waals surface area contributed by atoms with Gasteiger partial charge in [0.15, 0.2) is 5.82 Å². The Hall–Kier alpha value is -2.74. The van der Waals surface area contributed by atoms with Crippen molar-refractivity contribution in [3.63, 3.8) is 0 Å². The first kappa shape index (κ1) is 18.6. The van der Waals surface area contributed by atoms with E-state index in [1.165, 1.54) is 6.92 Å². The Kier molecular flexibility index (Phi) is 7.09. The van der Waals surface area contributed by atoms with Crippen LogP contribution in [0.5, 0.6) is 0 Å². The predicted octanol–water partition coefficient (Wildman–Crippen LogP) is 1.57. The molecule has 134 valence electrons. The quantitative estimate of drug-likeness (QED) is 0.514. The Balaban J connectivity index is 1.73. The number of aromatic nitrogens is 3. The van der Waals surface area contributed by atoms with Crippen LogP contribution in [0.25, 0.3) is 11.4 Å². The van der Waals surface area contributed by atoms with E-state index >= 15 is 0 Å². The van der Waals surface area contributed by atoms with Crippen LogP contribution in [0.15, 0.2) is 24.3 Å². The first-order valence-corrected chi connectivity index (χ1v) is 8.34. The third-order valence-corrected chi connectivity index (χ3v) is 3.61. The number of unbranched alkanes of at least 4 members (excludes halogenated alkanes) is 2. The molecular weight excluding hydrogens is 320 g/mol. The van der Waals surface area contributed by atoms with Crippen molar-refractivity contribution in [2.45, 2.75) is 39.2 Å². The summed E-state index contributed by atoms with van der Waals surface area (Å²) in [6, 6.07) is 7.35. The third kappa shape index (κ3) is 6.34. The standard InChI is InChI=1S/C17H24N6O2/c1-12(24)19-10-4-2-3-5-16(25)20-14-8-6-13(7-9-14)17-21-15(11-18)22-23-17/h6-9H,2-5,10-11,18H2,1H3,(H,19,24)(H,20,25)(H,21,22,23). The highest BCUT2D eigenvalue weighted by Gasteiger charge is 2.06. The smallest absolute Gasteiger partial charge is 0.224 e. The highest BCUT2D eigenvalue weighted by molar-refractivity contribution is 5.90. The Bertz CT molecular complexity index is 695. The van der Waals surface area contributed by atoms with E-state index in [4.69, 9.17) is 5.73 Å². The summed E-state index contributed by atoms with van der Waals surface area (Å²) in [6.45, 7) is 2.47. The van der Waals surface area contributed by atoms with E-state index in [-0.39, 0.29) is 11.8 Å². The van der Waals surface area contributed by atoms with Crippen LogP contribution in [0.2, 0.25) is 0 Å². The fraction of sp³-hybridized carbons (Fsp3) is 0.412. The van der Waals surface area contributed by atoms with E-state index in [0.29, 0.717) is 31.2 Å². The topological polar surface area (TPSA) is 126 Å². The number of rotatable bonds is 9. The minimum atomic E-state index is -0.0227. The summed E-state index contributed by atoms with van der Waals surface area (Å²) in [5.74, 6) is 1.17. The Morgan fingerprint density at radius 1 is 1.16 bits per heavy atom. The van der Waals surface area contributed by atoms with Gasteiger partial charge in [0.05, 0.1) is 6.54 Å². The number of nitrogens with one attached hydrogen (secondary N) is 3. The van der Waals surface area contributed by atoms with Crippen LogP contribution >= 0.6 is 0 Å². The molecule has 0 atom stereocenters. The zero-order valence-electron chi connectivity index (χ0n) is 14.3. The summed E-state index contributed by atoms with van der Waals surface area (Å²) in [5.41, 5.74) is 7.09. The van der Waals surface area contributed by atoms with Gasteiger partial charge >= 0.3 is 0 Å². The molecule has 0 aliphatic rings. The lowest BCUT2D eigenvalue weighted by Crippen LogP contribution is -2.20. The number of amides is 2. The number of nitrogens with two attached hydrogens (primary N) is 1. The van der Waals surface area contributed by atoms with E-state index in [2.05, 4.69) is 25.8 Å². The number of H-pyrrole nitrogens is 1. The monoisotopic (exact) mass is 344 g/mol. The van der Waals surface area contributed by atoms with Crippen molar-refractivity contribution in [2.24, 2.45) is 5.73 Å². The molecular formula is C17H24N6O2. The zero-order chi connectivity index (χ0) is 18.1. The van der Waals surface area contributed by atoms with Gasteiger partial charge < -0.3 is 16.4 Å². The number of nitrogens with zero attached hydrogens (tertiary/aromatic N) is 2.